The molecular formula is C33H38F3N9O3. The van der Waals surface area contributed by atoms with Crippen LogP contribution in [0.5, 0.6) is 0 Å². The van der Waals surface area contributed by atoms with E-state index in [1.54, 1.807) is 43.5 Å². The Morgan fingerprint density at radius 2 is 1.75 bits per heavy atom. The van der Waals surface area contributed by atoms with Gasteiger partial charge in [0.15, 0.2) is 0 Å². The van der Waals surface area contributed by atoms with Crippen molar-refractivity contribution >= 4 is 35.1 Å². The van der Waals surface area contributed by atoms with Gasteiger partial charge in [0.05, 0.1) is 5.69 Å². The third-order valence-electron chi connectivity index (χ3n) is 6.78. The molecule has 4 N–H and O–H groups in total. The molecule has 1 saturated heterocycles. The molecule has 4 heterocycles. The predicted octanol–water partition coefficient (Wildman–Crippen LogP) is 4.34. The van der Waals surface area contributed by atoms with Gasteiger partial charge < -0.3 is 16.4 Å². The highest BCUT2D eigenvalue weighted by Gasteiger charge is 2.37. The van der Waals surface area contributed by atoms with Crippen LogP contribution in [0.15, 0.2) is 95.4 Å². The number of amides is 3. The van der Waals surface area contributed by atoms with Gasteiger partial charge in [-0.05, 0) is 44.3 Å². The van der Waals surface area contributed by atoms with E-state index in [0.717, 1.165) is 18.3 Å². The van der Waals surface area contributed by atoms with Crippen LogP contribution in [0.1, 0.15) is 43.5 Å². The Balaban J connectivity index is 0.000000306. The van der Waals surface area contributed by atoms with E-state index in [2.05, 4.69) is 35.5 Å². The number of hydrogen-bond donors (Lipinski definition) is 3. The summed E-state index contributed by atoms with van der Waals surface area (Å²) < 4.78 is 38.6. The molecule has 0 aliphatic carbocycles. The SMILES string of the molecule is CC.CCN1C(=O)C(NC(=O)c2nccc(C(F)(F)F)n2)C/C(=C/N)C1=Nc1ccccc1.CN1CC=C(C(=O)Nc2ccccn2)C1. The Hall–Kier alpha value is -5.44. The van der Waals surface area contributed by atoms with E-state index in [-0.39, 0.29) is 18.9 Å². The van der Waals surface area contributed by atoms with Gasteiger partial charge in [-0.2, -0.15) is 13.2 Å². The topological polar surface area (TPSA) is 159 Å². The minimum Gasteiger partial charge on any atom is -0.404 e. The number of aromatic nitrogens is 3. The van der Waals surface area contributed by atoms with Crippen LogP contribution in [-0.2, 0) is 15.8 Å². The standard InChI is InChI=1S/C20H19F3N6O2.C11H13N3O.C2H6/c1-2-29-17(26-13-6-4-3-5-7-13)12(11-24)10-14(19(29)31)27-18(30)16-25-9-8-15(28-16)20(21,22)23;1-14-7-5-9(8-14)11(15)13-10-4-2-3-6-12-10;1-2/h3-9,11,14H,2,10,24H2,1H3,(H,27,30);2-6H,7-8H2,1H3,(H,12,13,15);1-2H3/b12-11-,26-17?;;. The number of anilines is 1. The zero-order valence-corrected chi connectivity index (χ0v) is 27.0. The van der Waals surface area contributed by atoms with Gasteiger partial charge in [0.1, 0.15) is 23.4 Å². The van der Waals surface area contributed by atoms with Gasteiger partial charge in [-0.3, -0.25) is 24.2 Å². The summed E-state index contributed by atoms with van der Waals surface area (Å²) in [7, 11) is 1.98. The van der Waals surface area contributed by atoms with Crippen molar-refractivity contribution in [3.8, 4) is 0 Å². The Labute approximate surface area is 276 Å². The number of aliphatic imine (C=N–C) groups is 1. The molecule has 1 unspecified atom stereocenters. The number of amidine groups is 1. The number of halogens is 3. The van der Waals surface area contributed by atoms with Crippen LogP contribution in [0.2, 0.25) is 0 Å². The van der Waals surface area contributed by atoms with E-state index in [0.29, 0.717) is 35.5 Å². The van der Waals surface area contributed by atoms with Crippen molar-refractivity contribution < 1.29 is 27.6 Å². The monoisotopic (exact) mass is 665 g/mol. The van der Waals surface area contributed by atoms with Crippen molar-refractivity contribution in [2.24, 2.45) is 10.7 Å². The fourth-order valence-electron chi connectivity index (χ4n) is 4.51. The molecular weight excluding hydrogens is 627 g/mol. The highest BCUT2D eigenvalue weighted by molar-refractivity contribution is 6.13. The number of carbonyl (C=O) groups is 3. The van der Waals surface area contributed by atoms with Gasteiger partial charge in [-0.15, -0.1) is 0 Å². The van der Waals surface area contributed by atoms with Crippen molar-refractivity contribution in [3.05, 3.63) is 102 Å². The average Bonchev–Trinajstić information content (AvgIpc) is 3.54. The minimum absolute atomic E-state index is 0.0161. The molecule has 1 atom stereocenters. The molecule has 5 rings (SSSR count). The molecule has 48 heavy (non-hydrogen) atoms. The quantitative estimate of drug-likeness (QED) is 0.351. The molecule has 254 valence electrons. The van der Waals surface area contributed by atoms with Crippen molar-refractivity contribution in [1.29, 1.82) is 0 Å². The predicted molar refractivity (Wildman–Crippen MR) is 176 cm³/mol. The second kappa shape index (κ2) is 17.5. The molecule has 0 radical (unpaired) electrons. The molecule has 2 aliphatic heterocycles. The lowest BCUT2D eigenvalue weighted by Crippen LogP contribution is -2.55. The van der Waals surface area contributed by atoms with Crippen LogP contribution < -0.4 is 16.4 Å². The van der Waals surface area contributed by atoms with Crippen molar-refractivity contribution in [2.75, 3.05) is 32.0 Å². The highest BCUT2D eigenvalue weighted by Crippen LogP contribution is 2.27. The van der Waals surface area contributed by atoms with Gasteiger partial charge in [0.2, 0.25) is 5.82 Å². The van der Waals surface area contributed by atoms with Crippen molar-refractivity contribution in [2.45, 2.75) is 39.4 Å². The number of para-hydroxylation sites is 1. The fraction of sp³-hybridized carbons (Fsp3) is 0.303. The van der Waals surface area contributed by atoms with Crippen LogP contribution in [0.4, 0.5) is 24.7 Å². The number of hydrogen-bond acceptors (Lipinski definition) is 9. The number of benzene rings is 1. The first-order valence-electron chi connectivity index (χ1n) is 15.2. The van der Waals surface area contributed by atoms with Crippen molar-refractivity contribution in [3.63, 3.8) is 0 Å². The van der Waals surface area contributed by atoms with Gasteiger partial charge in [-0.25, -0.2) is 19.9 Å². The van der Waals surface area contributed by atoms with Gasteiger partial charge in [0, 0.05) is 55.8 Å². The zero-order valence-electron chi connectivity index (χ0n) is 27.0. The summed E-state index contributed by atoms with van der Waals surface area (Å²) in [5, 5.41) is 5.16. The van der Waals surface area contributed by atoms with E-state index in [1.165, 1.54) is 11.1 Å². The summed E-state index contributed by atoms with van der Waals surface area (Å²) in [4.78, 5) is 55.9. The zero-order chi connectivity index (χ0) is 35.3. The Morgan fingerprint density at radius 1 is 1.04 bits per heavy atom. The Morgan fingerprint density at radius 3 is 2.33 bits per heavy atom. The molecule has 2 aliphatic rings. The molecule has 0 bridgehead atoms. The average molecular weight is 666 g/mol. The number of likely N-dealkylation sites (tertiary alicyclic amines) is 1. The van der Waals surface area contributed by atoms with Crippen LogP contribution >= 0.6 is 0 Å². The van der Waals surface area contributed by atoms with E-state index in [4.69, 9.17) is 5.73 Å². The van der Waals surface area contributed by atoms with Crippen LogP contribution in [0.25, 0.3) is 0 Å². The number of piperidine rings is 1. The molecule has 3 amide bonds. The van der Waals surface area contributed by atoms with Crippen LogP contribution in [0.3, 0.4) is 0 Å². The number of alkyl halides is 3. The molecule has 2 aromatic heterocycles. The summed E-state index contributed by atoms with van der Waals surface area (Å²) in [5.74, 6) is -1.27. The molecule has 0 spiro atoms. The molecule has 1 fully saturated rings. The fourth-order valence-corrected chi connectivity index (χ4v) is 4.51. The maximum Gasteiger partial charge on any atom is 0.433 e. The second-order valence-electron chi connectivity index (χ2n) is 10.1. The van der Waals surface area contributed by atoms with E-state index < -0.39 is 35.6 Å². The second-order valence-corrected chi connectivity index (χ2v) is 10.1. The number of pyridine rings is 1. The lowest BCUT2D eigenvalue weighted by Gasteiger charge is -2.34. The maximum atomic E-state index is 13.0. The first kappa shape index (κ1) is 37.0. The number of likely N-dealkylation sites (N-methyl/N-ethyl adjacent to an activating group) is 2. The third-order valence-corrected chi connectivity index (χ3v) is 6.78. The molecule has 1 aromatic carbocycles. The van der Waals surface area contributed by atoms with E-state index >= 15 is 0 Å². The Bertz CT molecular complexity index is 1650. The lowest BCUT2D eigenvalue weighted by molar-refractivity contribution is -0.141. The molecule has 3 aromatic rings. The number of nitrogens with zero attached hydrogens (tertiary/aromatic N) is 6. The van der Waals surface area contributed by atoms with Crippen LogP contribution in [-0.4, -0.2) is 81.0 Å². The Kier molecular flexibility index (Phi) is 13.5. The van der Waals surface area contributed by atoms with Gasteiger partial charge in [0.25, 0.3) is 17.7 Å². The summed E-state index contributed by atoms with van der Waals surface area (Å²) in [5.41, 5.74) is 6.41. The first-order chi connectivity index (χ1) is 23.0. The first-order valence-corrected chi connectivity index (χ1v) is 15.2. The van der Waals surface area contributed by atoms with Gasteiger partial charge in [-0.1, -0.05) is 44.2 Å². The largest absolute Gasteiger partial charge is 0.433 e. The summed E-state index contributed by atoms with van der Waals surface area (Å²) in [6.45, 7) is 7.52. The number of carbonyl (C=O) groups excluding carboxylic acids is 3. The number of rotatable bonds is 6. The smallest absolute Gasteiger partial charge is 0.404 e. The van der Waals surface area contributed by atoms with Crippen molar-refractivity contribution in [1.82, 2.24) is 30.1 Å². The lowest BCUT2D eigenvalue weighted by atomic mass is 9.98. The normalized spacial score (nSPS) is 17.9. The summed E-state index contributed by atoms with van der Waals surface area (Å²) >= 11 is 0. The van der Waals surface area contributed by atoms with E-state index in [1.807, 2.05) is 45.2 Å². The minimum atomic E-state index is -4.73. The number of nitrogens with two attached hydrogens (primary N) is 1. The third kappa shape index (κ3) is 10.0. The maximum absolute atomic E-state index is 13.0. The van der Waals surface area contributed by atoms with Crippen LogP contribution in [0, 0.1) is 0 Å². The van der Waals surface area contributed by atoms with E-state index in [9.17, 15) is 27.6 Å². The summed E-state index contributed by atoms with van der Waals surface area (Å²) in [6, 6.07) is 14.0. The summed E-state index contributed by atoms with van der Waals surface area (Å²) in [6.07, 6.45) is 1.01. The molecule has 12 nitrogen and oxygen atoms in total. The van der Waals surface area contributed by atoms with Gasteiger partial charge >= 0.3 is 6.18 Å². The highest BCUT2D eigenvalue weighted by atomic mass is 19.4. The number of nitrogens with one attached hydrogen (secondary N) is 2. The molecule has 15 heteroatoms. The molecule has 0 saturated carbocycles.